The Hall–Kier alpha value is -0.320. The molecule has 0 radical (unpaired) electrons. The lowest BCUT2D eigenvalue weighted by Gasteiger charge is -2.21. The highest BCUT2D eigenvalue weighted by Gasteiger charge is 2.40. The summed E-state index contributed by atoms with van der Waals surface area (Å²) in [4.78, 5) is 0. The van der Waals surface area contributed by atoms with Crippen molar-refractivity contribution in [1.82, 2.24) is 5.32 Å². The number of rotatable bonds is 6. The second-order valence-corrected chi connectivity index (χ2v) is 5.30. The Labute approximate surface area is 106 Å². The summed E-state index contributed by atoms with van der Waals surface area (Å²) in [5, 5.41) is 2.62. The molecule has 1 aliphatic rings. The number of halogens is 4. The SMILES string of the molecule is CCCC1CCCC(NCC(F)(F)C(F)F)CC1. The molecule has 5 heteroatoms. The Morgan fingerprint density at radius 2 is 1.89 bits per heavy atom. The zero-order valence-corrected chi connectivity index (χ0v) is 10.9. The van der Waals surface area contributed by atoms with Crippen molar-refractivity contribution < 1.29 is 17.6 Å². The van der Waals surface area contributed by atoms with Gasteiger partial charge in [-0.05, 0) is 25.2 Å². The van der Waals surface area contributed by atoms with Crippen LogP contribution in [0.2, 0.25) is 0 Å². The summed E-state index contributed by atoms with van der Waals surface area (Å²) >= 11 is 0. The second-order valence-electron chi connectivity index (χ2n) is 5.30. The first-order chi connectivity index (χ1) is 8.45. The lowest BCUT2D eigenvalue weighted by atomic mass is 9.95. The fraction of sp³-hybridized carbons (Fsp3) is 1.00. The molecule has 2 atom stereocenters. The Kier molecular flexibility index (Phi) is 6.39. The highest BCUT2D eigenvalue weighted by Crippen LogP contribution is 2.28. The molecule has 1 saturated carbocycles. The molecule has 0 bridgehead atoms. The van der Waals surface area contributed by atoms with Crippen molar-refractivity contribution in [2.24, 2.45) is 5.92 Å². The van der Waals surface area contributed by atoms with E-state index >= 15 is 0 Å². The van der Waals surface area contributed by atoms with Gasteiger partial charge in [-0.3, -0.25) is 0 Å². The molecule has 0 heterocycles. The van der Waals surface area contributed by atoms with E-state index in [9.17, 15) is 17.6 Å². The highest BCUT2D eigenvalue weighted by molar-refractivity contribution is 4.79. The molecule has 1 aliphatic carbocycles. The van der Waals surface area contributed by atoms with E-state index < -0.39 is 18.9 Å². The molecule has 1 nitrogen and oxygen atoms in total. The smallest absolute Gasteiger partial charge is 0.308 e. The summed E-state index contributed by atoms with van der Waals surface area (Å²) in [5.41, 5.74) is 0. The van der Waals surface area contributed by atoms with Crippen LogP contribution >= 0.6 is 0 Å². The summed E-state index contributed by atoms with van der Waals surface area (Å²) in [6.45, 7) is 1.23. The maximum Gasteiger partial charge on any atom is 0.319 e. The van der Waals surface area contributed by atoms with Crippen molar-refractivity contribution in [2.45, 2.75) is 70.3 Å². The van der Waals surface area contributed by atoms with Crippen molar-refractivity contribution in [2.75, 3.05) is 6.54 Å². The van der Waals surface area contributed by atoms with Gasteiger partial charge >= 0.3 is 12.3 Å². The topological polar surface area (TPSA) is 12.0 Å². The van der Waals surface area contributed by atoms with E-state index in [0.717, 1.165) is 38.5 Å². The summed E-state index contributed by atoms with van der Waals surface area (Å²) < 4.78 is 49.6. The van der Waals surface area contributed by atoms with Crippen LogP contribution in [0, 0.1) is 5.92 Å². The van der Waals surface area contributed by atoms with Crippen LogP contribution in [0.3, 0.4) is 0 Å². The van der Waals surface area contributed by atoms with Gasteiger partial charge in [0.2, 0.25) is 0 Å². The third-order valence-corrected chi connectivity index (χ3v) is 3.73. The molecule has 0 aliphatic heterocycles. The lowest BCUT2D eigenvalue weighted by Crippen LogP contribution is -2.43. The summed E-state index contributed by atoms with van der Waals surface area (Å²) in [6, 6.07) is -0.0310. The summed E-state index contributed by atoms with van der Waals surface area (Å²) in [5.74, 6) is -3.23. The Morgan fingerprint density at radius 3 is 2.50 bits per heavy atom. The van der Waals surface area contributed by atoms with Crippen LogP contribution in [-0.2, 0) is 0 Å². The minimum Gasteiger partial charge on any atom is -0.308 e. The molecule has 1 N–H and O–H groups in total. The number of nitrogens with one attached hydrogen (secondary N) is 1. The van der Waals surface area contributed by atoms with Gasteiger partial charge in [0, 0.05) is 6.04 Å². The first kappa shape index (κ1) is 15.7. The summed E-state index contributed by atoms with van der Waals surface area (Å²) in [7, 11) is 0. The van der Waals surface area contributed by atoms with Crippen LogP contribution in [0.15, 0.2) is 0 Å². The van der Waals surface area contributed by atoms with Crippen LogP contribution in [0.25, 0.3) is 0 Å². The van der Waals surface area contributed by atoms with E-state index in [1.165, 1.54) is 6.42 Å². The lowest BCUT2D eigenvalue weighted by molar-refractivity contribution is -0.126. The minimum absolute atomic E-state index is 0.0310. The Balaban J connectivity index is 2.31. The number of hydrogen-bond acceptors (Lipinski definition) is 1. The molecular weight excluding hydrogens is 246 g/mol. The van der Waals surface area contributed by atoms with Crippen molar-refractivity contribution in [3.63, 3.8) is 0 Å². The average Bonchev–Trinajstić information content (AvgIpc) is 2.52. The molecule has 0 saturated heterocycles. The van der Waals surface area contributed by atoms with Gasteiger partial charge in [0.25, 0.3) is 0 Å². The quantitative estimate of drug-likeness (QED) is 0.562. The predicted molar refractivity (Wildman–Crippen MR) is 64.2 cm³/mol. The molecule has 1 fully saturated rings. The van der Waals surface area contributed by atoms with Crippen LogP contribution in [-0.4, -0.2) is 24.9 Å². The normalized spacial score (nSPS) is 26.3. The van der Waals surface area contributed by atoms with Crippen LogP contribution in [0.5, 0.6) is 0 Å². The molecule has 0 aromatic carbocycles. The molecule has 0 aromatic heterocycles. The van der Waals surface area contributed by atoms with Crippen LogP contribution in [0.4, 0.5) is 17.6 Å². The predicted octanol–water partition coefficient (Wildman–Crippen LogP) is 4.23. The van der Waals surface area contributed by atoms with E-state index in [1.807, 2.05) is 0 Å². The maximum absolute atomic E-state index is 12.8. The second kappa shape index (κ2) is 7.31. The number of hydrogen-bond donors (Lipinski definition) is 1. The van der Waals surface area contributed by atoms with E-state index in [4.69, 9.17) is 0 Å². The largest absolute Gasteiger partial charge is 0.319 e. The fourth-order valence-corrected chi connectivity index (χ4v) is 2.64. The van der Waals surface area contributed by atoms with Gasteiger partial charge in [0.05, 0.1) is 6.54 Å². The summed E-state index contributed by atoms with van der Waals surface area (Å²) in [6.07, 6.45) is 3.55. The third kappa shape index (κ3) is 5.12. The van der Waals surface area contributed by atoms with Crippen LogP contribution in [0.1, 0.15) is 51.9 Å². The van der Waals surface area contributed by atoms with E-state index in [1.54, 1.807) is 0 Å². The van der Waals surface area contributed by atoms with Gasteiger partial charge in [-0.25, -0.2) is 8.78 Å². The first-order valence-electron chi connectivity index (χ1n) is 6.85. The van der Waals surface area contributed by atoms with Gasteiger partial charge < -0.3 is 5.32 Å². The van der Waals surface area contributed by atoms with E-state index in [0.29, 0.717) is 5.92 Å². The molecule has 0 aromatic rings. The Morgan fingerprint density at radius 1 is 1.17 bits per heavy atom. The van der Waals surface area contributed by atoms with Crippen molar-refractivity contribution in [1.29, 1.82) is 0 Å². The standard InChI is InChI=1S/C13H23F4N/c1-2-4-10-5-3-6-11(8-7-10)18-9-13(16,17)12(14)15/h10-12,18H,2-9H2,1H3. The van der Waals surface area contributed by atoms with Gasteiger partial charge in [-0.2, -0.15) is 8.78 Å². The van der Waals surface area contributed by atoms with Crippen LogP contribution < -0.4 is 5.32 Å². The average molecular weight is 269 g/mol. The van der Waals surface area contributed by atoms with Crippen molar-refractivity contribution in [3.05, 3.63) is 0 Å². The zero-order valence-electron chi connectivity index (χ0n) is 10.9. The van der Waals surface area contributed by atoms with Crippen molar-refractivity contribution in [3.8, 4) is 0 Å². The van der Waals surface area contributed by atoms with Crippen molar-refractivity contribution >= 4 is 0 Å². The molecule has 0 amide bonds. The zero-order chi connectivity index (χ0) is 13.6. The van der Waals surface area contributed by atoms with Gasteiger partial charge in [-0.1, -0.05) is 32.6 Å². The molecule has 2 unspecified atom stereocenters. The van der Waals surface area contributed by atoms with E-state index in [2.05, 4.69) is 12.2 Å². The molecule has 18 heavy (non-hydrogen) atoms. The molecule has 0 spiro atoms. The molecule has 1 rings (SSSR count). The van der Waals surface area contributed by atoms with Gasteiger partial charge in [-0.15, -0.1) is 0 Å². The van der Waals surface area contributed by atoms with E-state index in [-0.39, 0.29) is 6.04 Å². The maximum atomic E-state index is 12.8. The monoisotopic (exact) mass is 269 g/mol. The first-order valence-corrected chi connectivity index (χ1v) is 6.85. The van der Waals surface area contributed by atoms with Gasteiger partial charge in [0.1, 0.15) is 0 Å². The highest BCUT2D eigenvalue weighted by atomic mass is 19.3. The Bertz CT molecular complexity index is 233. The molecule has 108 valence electrons. The third-order valence-electron chi connectivity index (χ3n) is 3.73. The van der Waals surface area contributed by atoms with Gasteiger partial charge in [0.15, 0.2) is 0 Å². The fourth-order valence-electron chi connectivity index (χ4n) is 2.64. The minimum atomic E-state index is -3.91. The number of alkyl halides is 4. The molecular formula is C13H23F4N.